The molecule has 0 aliphatic rings. The number of nitrogens with zero attached hydrogens (tertiary/aromatic N) is 6. The minimum absolute atomic E-state index is 0.0557. The van der Waals surface area contributed by atoms with Crippen molar-refractivity contribution in [3.05, 3.63) is 35.4 Å². The average molecular weight is 306 g/mol. The number of aromatic nitrogens is 6. The Balaban J connectivity index is 1.91. The SMILES string of the molecule is OCCn1nnc2c(NCc3ccncc3)nc(Cl)nc21. The maximum Gasteiger partial charge on any atom is 0.226 e. The lowest BCUT2D eigenvalue weighted by Crippen LogP contribution is -2.06. The van der Waals surface area contributed by atoms with Gasteiger partial charge in [-0.1, -0.05) is 5.21 Å². The van der Waals surface area contributed by atoms with Crippen molar-refractivity contribution < 1.29 is 5.11 Å². The minimum atomic E-state index is -0.0557. The Labute approximate surface area is 124 Å². The van der Waals surface area contributed by atoms with E-state index >= 15 is 0 Å². The Hall–Kier alpha value is -2.32. The van der Waals surface area contributed by atoms with Crippen LogP contribution in [-0.2, 0) is 13.1 Å². The van der Waals surface area contributed by atoms with E-state index in [1.54, 1.807) is 12.4 Å². The zero-order chi connectivity index (χ0) is 14.7. The Morgan fingerprint density at radius 2 is 2.05 bits per heavy atom. The molecule has 0 aliphatic heterocycles. The highest BCUT2D eigenvalue weighted by Crippen LogP contribution is 2.20. The topological polar surface area (TPSA) is 102 Å². The summed E-state index contributed by atoms with van der Waals surface area (Å²) >= 11 is 5.93. The number of anilines is 1. The standard InChI is InChI=1S/C12H12ClN7O/c13-12-16-10(15-7-8-1-3-14-4-2-8)9-11(17-12)20(5-6-21)19-18-9/h1-4,21H,5-7H2,(H,15,16,17). The lowest BCUT2D eigenvalue weighted by atomic mass is 10.3. The van der Waals surface area contributed by atoms with Crippen LogP contribution in [0.15, 0.2) is 24.5 Å². The first-order chi connectivity index (χ1) is 10.3. The van der Waals surface area contributed by atoms with Crippen LogP contribution in [0.5, 0.6) is 0 Å². The molecular weight excluding hydrogens is 294 g/mol. The third kappa shape index (κ3) is 2.91. The molecule has 0 atom stereocenters. The van der Waals surface area contributed by atoms with E-state index in [-0.39, 0.29) is 11.9 Å². The molecule has 0 saturated carbocycles. The number of aliphatic hydroxyl groups is 1. The van der Waals surface area contributed by atoms with Crippen LogP contribution in [0.1, 0.15) is 5.56 Å². The van der Waals surface area contributed by atoms with E-state index in [0.717, 1.165) is 5.56 Å². The van der Waals surface area contributed by atoms with Crippen molar-refractivity contribution in [1.29, 1.82) is 0 Å². The predicted octanol–water partition coefficient (Wildman–Crippen LogP) is 0.874. The van der Waals surface area contributed by atoms with Gasteiger partial charge in [0.2, 0.25) is 5.28 Å². The van der Waals surface area contributed by atoms with Crippen LogP contribution < -0.4 is 5.32 Å². The van der Waals surface area contributed by atoms with Crippen LogP contribution in [0.4, 0.5) is 5.82 Å². The Kier molecular flexibility index (Phi) is 3.89. The molecule has 2 N–H and O–H groups in total. The number of hydrogen-bond acceptors (Lipinski definition) is 7. The Morgan fingerprint density at radius 3 is 2.81 bits per heavy atom. The molecule has 0 fully saturated rings. The predicted molar refractivity (Wildman–Crippen MR) is 76.8 cm³/mol. The molecule has 0 saturated heterocycles. The van der Waals surface area contributed by atoms with Gasteiger partial charge < -0.3 is 10.4 Å². The van der Waals surface area contributed by atoms with Gasteiger partial charge in [0.05, 0.1) is 13.2 Å². The average Bonchev–Trinajstić information content (AvgIpc) is 2.89. The molecular formula is C12H12ClN7O. The highest BCUT2D eigenvalue weighted by molar-refractivity contribution is 6.28. The molecule has 0 bridgehead atoms. The van der Waals surface area contributed by atoms with E-state index in [1.165, 1.54) is 4.68 Å². The fraction of sp³-hybridized carbons (Fsp3) is 0.250. The minimum Gasteiger partial charge on any atom is -0.394 e. The highest BCUT2D eigenvalue weighted by Gasteiger charge is 2.13. The van der Waals surface area contributed by atoms with Gasteiger partial charge in [-0.3, -0.25) is 4.98 Å². The molecule has 0 amide bonds. The molecule has 3 aromatic rings. The van der Waals surface area contributed by atoms with E-state index in [4.69, 9.17) is 16.7 Å². The maximum atomic E-state index is 9.00. The molecule has 21 heavy (non-hydrogen) atoms. The van der Waals surface area contributed by atoms with Crippen LogP contribution in [0.3, 0.4) is 0 Å². The first-order valence-electron chi connectivity index (χ1n) is 6.28. The number of hydrogen-bond donors (Lipinski definition) is 2. The number of aliphatic hydroxyl groups excluding tert-OH is 1. The Bertz CT molecular complexity index is 746. The van der Waals surface area contributed by atoms with E-state index in [9.17, 15) is 0 Å². The highest BCUT2D eigenvalue weighted by atomic mass is 35.5. The van der Waals surface area contributed by atoms with Gasteiger partial charge in [0, 0.05) is 18.9 Å². The van der Waals surface area contributed by atoms with Crippen molar-refractivity contribution in [3.63, 3.8) is 0 Å². The molecule has 9 heteroatoms. The number of halogens is 1. The Morgan fingerprint density at radius 1 is 1.24 bits per heavy atom. The monoisotopic (exact) mass is 305 g/mol. The fourth-order valence-corrected chi connectivity index (χ4v) is 2.05. The molecule has 0 spiro atoms. The summed E-state index contributed by atoms with van der Waals surface area (Å²) in [4.78, 5) is 12.2. The van der Waals surface area contributed by atoms with Crippen LogP contribution in [0.2, 0.25) is 5.28 Å². The molecule has 0 unspecified atom stereocenters. The van der Waals surface area contributed by atoms with Gasteiger partial charge in [0.15, 0.2) is 17.0 Å². The summed E-state index contributed by atoms with van der Waals surface area (Å²) in [6, 6.07) is 3.80. The lowest BCUT2D eigenvalue weighted by molar-refractivity contribution is 0.270. The smallest absolute Gasteiger partial charge is 0.226 e. The van der Waals surface area contributed by atoms with Crippen LogP contribution in [-0.4, -0.2) is 41.7 Å². The van der Waals surface area contributed by atoms with Gasteiger partial charge >= 0.3 is 0 Å². The first-order valence-corrected chi connectivity index (χ1v) is 6.66. The van der Waals surface area contributed by atoms with Crippen molar-refractivity contribution >= 4 is 28.6 Å². The second-order valence-electron chi connectivity index (χ2n) is 4.26. The van der Waals surface area contributed by atoms with E-state index < -0.39 is 0 Å². The van der Waals surface area contributed by atoms with Gasteiger partial charge in [0.1, 0.15) is 0 Å². The summed E-state index contributed by atoms with van der Waals surface area (Å²) in [6.45, 7) is 0.797. The summed E-state index contributed by atoms with van der Waals surface area (Å²) in [5.74, 6) is 0.506. The van der Waals surface area contributed by atoms with Gasteiger partial charge in [-0.05, 0) is 29.3 Å². The summed E-state index contributed by atoms with van der Waals surface area (Å²) in [5, 5.41) is 20.2. The largest absolute Gasteiger partial charge is 0.394 e. The quantitative estimate of drug-likeness (QED) is 0.674. The van der Waals surface area contributed by atoms with Crippen molar-refractivity contribution in [2.75, 3.05) is 11.9 Å². The number of pyridine rings is 1. The molecule has 0 aromatic carbocycles. The second kappa shape index (κ2) is 5.98. The summed E-state index contributed by atoms with van der Waals surface area (Å²) in [6.07, 6.45) is 3.44. The molecule has 108 valence electrons. The van der Waals surface area contributed by atoms with Gasteiger partial charge in [-0.25, -0.2) is 4.68 Å². The molecule has 3 heterocycles. The van der Waals surface area contributed by atoms with Crippen molar-refractivity contribution in [3.8, 4) is 0 Å². The molecule has 0 radical (unpaired) electrons. The zero-order valence-corrected chi connectivity index (χ0v) is 11.7. The van der Waals surface area contributed by atoms with Gasteiger partial charge in [-0.2, -0.15) is 9.97 Å². The van der Waals surface area contributed by atoms with Gasteiger partial charge in [-0.15, -0.1) is 5.10 Å². The maximum absolute atomic E-state index is 9.00. The summed E-state index contributed by atoms with van der Waals surface area (Å²) in [7, 11) is 0. The summed E-state index contributed by atoms with van der Waals surface area (Å²) in [5.41, 5.74) is 2.05. The van der Waals surface area contributed by atoms with Crippen molar-refractivity contribution in [1.82, 2.24) is 29.9 Å². The van der Waals surface area contributed by atoms with E-state index in [1.807, 2.05) is 12.1 Å². The lowest BCUT2D eigenvalue weighted by Gasteiger charge is -2.06. The van der Waals surface area contributed by atoms with Crippen LogP contribution in [0, 0.1) is 0 Å². The first kappa shape index (κ1) is 13.7. The third-order valence-electron chi connectivity index (χ3n) is 2.86. The summed E-state index contributed by atoms with van der Waals surface area (Å²) < 4.78 is 1.49. The second-order valence-corrected chi connectivity index (χ2v) is 4.60. The number of rotatable bonds is 5. The van der Waals surface area contributed by atoms with Crippen molar-refractivity contribution in [2.24, 2.45) is 0 Å². The molecule has 3 rings (SSSR count). The normalized spacial score (nSPS) is 11.0. The fourth-order valence-electron chi connectivity index (χ4n) is 1.88. The van der Waals surface area contributed by atoms with Crippen LogP contribution >= 0.6 is 11.6 Å². The van der Waals surface area contributed by atoms with Crippen LogP contribution in [0.25, 0.3) is 11.2 Å². The third-order valence-corrected chi connectivity index (χ3v) is 3.03. The van der Waals surface area contributed by atoms with E-state index in [0.29, 0.717) is 30.1 Å². The molecule has 8 nitrogen and oxygen atoms in total. The number of fused-ring (bicyclic) bond motifs is 1. The van der Waals surface area contributed by atoms with Gasteiger partial charge in [0.25, 0.3) is 0 Å². The molecule has 0 aliphatic carbocycles. The number of nitrogens with one attached hydrogen (secondary N) is 1. The van der Waals surface area contributed by atoms with Crippen molar-refractivity contribution in [2.45, 2.75) is 13.1 Å². The molecule has 3 aromatic heterocycles. The zero-order valence-electron chi connectivity index (χ0n) is 10.9. The van der Waals surface area contributed by atoms with E-state index in [2.05, 4.69) is 30.6 Å².